The first-order valence-electron chi connectivity index (χ1n) is 7.45. The molecule has 3 nitrogen and oxygen atoms in total. The number of pyridine rings is 1. The van der Waals surface area contributed by atoms with Crippen LogP contribution in [-0.2, 0) is 6.54 Å². The van der Waals surface area contributed by atoms with E-state index in [4.69, 9.17) is 4.74 Å². The second-order valence-corrected chi connectivity index (χ2v) is 7.18. The highest BCUT2D eigenvalue weighted by Gasteiger charge is 2.21. The summed E-state index contributed by atoms with van der Waals surface area (Å²) in [4.78, 5) is 4.61. The van der Waals surface area contributed by atoms with Gasteiger partial charge in [-0.3, -0.25) is 0 Å². The first-order valence-corrected chi connectivity index (χ1v) is 7.45. The molecule has 0 saturated heterocycles. The van der Waals surface area contributed by atoms with Crippen molar-refractivity contribution in [2.45, 2.75) is 79.5 Å². The minimum atomic E-state index is -0.191. The van der Waals surface area contributed by atoms with Crippen LogP contribution < -0.4 is 10.1 Å². The van der Waals surface area contributed by atoms with Crippen LogP contribution in [-0.4, -0.2) is 16.1 Å². The summed E-state index contributed by atoms with van der Waals surface area (Å²) in [6, 6.07) is 2.12. The average Bonchev–Trinajstić information content (AvgIpc) is 2.25. The highest BCUT2D eigenvalue weighted by molar-refractivity contribution is 5.36. The second kappa shape index (κ2) is 6.13. The number of aromatic nitrogens is 1. The molecule has 0 spiro atoms. The lowest BCUT2D eigenvalue weighted by molar-refractivity contribution is 0.0969. The van der Waals surface area contributed by atoms with Crippen LogP contribution in [0.4, 0.5) is 0 Å². The molecule has 0 saturated carbocycles. The normalized spacial score (nSPS) is 12.6. The Morgan fingerprint density at radius 3 is 2.25 bits per heavy atom. The second-order valence-electron chi connectivity index (χ2n) is 7.18. The third-order valence-electron chi connectivity index (χ3n) is 3.46. The number of nitrogens with zero attached hydrogens (tertiary/aromatic N) is 1. The molecule has 0 aliphatic carbocycles. The fourth-order valence-corrected chi connectivity index (χ4v) is 1.82. The van der Waals surface area contributed by atoms with E-state index in [1.165, 1.54) is 5.56 Å². The topological polar surface area (TPSA) is 34.1 Å². The maximum absolute atomic E-state index is 6.16. The molecule has 1 heterocycles. The van der Waals surface area contributed by atoms with E-state index in [9.17, 15) is 0 Å². The van der Waals surface area contributed by atoms with Crippen LogP contribution in [0.5, 0.6) is 5.88 Å². The number of aryl methyl sites for hydroxylation is 2. The van der Waals surface area contributed by atoms with Gasteiger partial charge in [-0.05, 0) is 66.5 Å². The molecule has 0 unspecified atom stereocenters. The minimum absolute atomic E-state index is 0.0782. The highest BCUT2D eigenvalue weighted by atomic mass is 16.5. The van der Waals surface area contributed by atoms with Crippen LogP contribution in [0.1, 0.15) is 64.8 Å². The van der Waals surface area contributed by atoms with E-state index in [0.717, 1.165) is 30.1 Å². The summed E-state index contributed by atoms with van der Waals surface area (Å²) >= 11 is 0. The van der Waals surface area contributed by atoms with Crippen molar-refractivity contribution in [1.82, 2.24) is 10.3 Å². The zero-order valence-electron chi connectivity index (χ0n) is 14.3. The van der Waals surface area contributed by atoms with Crippen molar-refractivity contribution in [2.24, 2.45) is 0 Å². The predicted octanol–water partition coefficient (Wildman–Crippen LogP) is 4.15. The van der Waals surface area contributed by atoms with Crippen molar-refractivity contribution in [2.75, 3.05) is 0 Å². The first kappa shape index (κ1) is 17.0. The van der Waals surface area contributed by atoms with Crippen LogP contribution in [0.25, 0.3) is 0 Å². The molecule has 0 radical (unpaired) electrons. The summed E-state index contributed by atoms with van der Waals surface area (Å²) in [5.74, 6) is 0.770. The van der Waals surface area contributed by atoms with Crippen LogP contribution in [0, 0.1) is 13.8 Å². The maximum Gasteiger partial charge on any atom is 0.218 e. The van der Waals surface area contributed by atoms with Crippen LogP contribution in [0.3, 0.4) is 0 Å². The van der Waals surface area contributed by atoms with Gasteiger partial charge in [0.1, 0.15) is 5.60 Å². The number of hydrogen-bond donors (Lipinski definition) is 1. The predicted molar refractivity (Wildman–Crippen MR) is 85.3 cm³/mol. The van der Waals surface area contributed by atoms with Crippen LogP contribution in [0.2, 0.25) is 0 Å². The van der Waals surface area contributed by atoms with E-state index >= 15 is 0 Å². The molecule has 1 rings (SSSR count). The van der Waals surface area contributed by atoms with Gasteiger partial charge in [-0.2, -0.15) is 0 Å². The number of nitrogens with one attached hydrogen (secondary N) is 1. The maximum atomic E-state index is 6.16. The molecule has 0 aromatic carbocycles. The van der Waals surface area contributed by atoms with Gasteiger partial charge in [-0.25, -0.2) is 4.98 Å². The van der Waals surface area contributed by atoms with Gasteiger partial charge in [0.25, 0.3) is 0 Å². The van der Waals surface area contributed by atoms with E-state index in [1.54, 1.807) is 0 Å². The van der Waals surface area contributed by atoms with Gasteiger partial charge >= 0.3 is 0 Å². The third-order valence-corrected chi connectivity index (χ3v) is 3.46. The van der Waals surface area contributed by atoms with Crippen molar-refractivity contribution in [3.05, 3.63) is 22.9 Å². The Labute approximate surface area is 124 Å². The molecule has 3 heteroatoms. The fourth-order valence-electron chi connectivity index (χ4n) is 1.82. The molecule has 0 fully saturated rings. The lowest BCUT2D eigenvalue weighted by Gasteiger charge is -2.28. The zero-order chi connectivity index (χ0) is 15.6. The lowest BCUT2D eigenvalue weighted by atomic mass is 10.0. The average molecular weight is 278 g/mol. The lowest BCUT2D eigenvalue weighted by Crippen LogP contribution is -2.36. The molecule has 0 aliphatic heterocycles. The number of hydrogen-bond acceptors (Lipinski definition) is 3. The molecular formula is C17H30N2O. The van der Waals surface area contributed by atoms with Gasteiger partial charge in [0.15, 0.2) is 0 Å². The summed E-state index contributed by atoms with van der Waals surface area (Å²) < 4.78 is 6.16. The Morgan fingerprint density at radius 2 is 1.75 bits per heavy atom. The summed E-state index contributed by atoms with van der Waals surface area (Å²) in [6.45, 7) is 17.8. The Morgan fingerprint density at radius 1 is 1.15 bits per heavy atom. The van der Waals surface area contributed by atoms with Gasteiger partial charge in [0.05, 0.1) is 0 Å². The van der Waals surface area contributed by atoms with Gasteiger partial charge in [0.2, 0.25) is 5.88 Å². The van der Waals surface area contributed by atoms with E-state index in [2.05, 4.69) is 64.8 Å². The fraction of sp³-hybridized carbons (Fsp3) is 0.706. The van der Waals surface area contributed by atoms with Gasteiger partial charge in [0, 0.05) is 23.3 Å². The number of ether oxygens (including phenoxy) is 1. The van der Waals surface area contributed by atoms with Gasteiger partial charge in [-0.15, -0.1) is 0 Å². The quantitative estimate of drug-likeness (QED) is 0.878. The van der Waals surface area contributed by atoms with Crippen molar-refractivity contribution in [3.63, 3.8) is 0 Å². The SMILES string of the molecule is CCC(C)(C)Oc1nc(C)cc(C)c1CNC(C)(C)C. The van der Waals surface area contributed by atoms with Crippen LogP contribution >= 0.6 is 0 Å². The van der Waals surface area contributed by atoms with Gasteiger partial charge < -0.3 is 10.1 Å². The van der Waals surface area contributed by atoms with Crippen molar-refractivity contribution >= 4 is 0 Å². The van der Waals surface area contributed by atoms with E-state index in [1.807, 2.05) is 6.92 Å². The molecule has 20 heavy (non-hydrogen) atoms. The van der Waals surface area contributed by atoms with Crippen molar-refractivity contribution in [1.29, 1.82) is 0 Å². The monoisotopic (exact) mass is 278 g/mol. The Hall–Kier alpha value is -1.09. The van der Waals surface area contributed by atoms with Crippen LogP contribution in [0.15, 0.2) is 6.07 Å². The molecule has 0 amide bonds. The zero-order valence-corrected chi connectivity index (χ0v) is 14.3. The summed E-state index contributed by atoms with van der Waals surface area (Å²) in [7, 11) is 0. The smallest absolute Gasteiger partial charge is 0.218 e. The minimum Gasteiger partial charge on any atom is -0.471 e. The van der Waals surface area contributed by atoms with Gasteiger partial charge in [-0.1, -0.05) is 6.92 Å². The van der Waals surface area contributed by atoms with E-state index < -0.39 is 0 Å². The Balaban J connectivity index is 3.08. The standard InChI is InChI=1S/C17H30N2O/c1-9-17(7,8)20-15-14(11-18-16(4,5)6)12(2)10-13(3)19-15/h10,18H,9,11H2,1-8H3. The molecule has 1 N–H and O–H groups in total. The van der Waals surface area contributed by atoms with Crippen molar-refractivity contribution < 1.29 is 4.74 Å². The van der Waals surface area contributed by atoms with E-state index in [0.29, 0.717) is 0 Å². The molecule has 1 aromatic rings. The number of rotatable bonds is 5. The Kier molecular flexibility index (Phi) is 5.20. The molecule has 0 aliphatic rings. The van der Waals surface area contributed by atoms with Crippen molar-refractivity contribution in [3.8, 4) is 5.88 Å². The largest absolute Gasteiger partial charge is 0.471 e. The third kappa shape index (κ3) is 5.12. The molecule has 0 bridgehead atoms. The molecule has 0 atom stereocenters. The summed E-state index contributed by atoms with van der Waals surface area (Å²) in [5, 5.41) is 3.52. The Bertz CT molecular complexity index is 459. The molecular weight excluding hydrogens is 248 g/mol. The highest BCUT2D eigenvalue weighted by Crippen LogP contribution is 2.26. The molecule has 1 aromatic heterocycles. The molecule has 114 valence electrons. The summed E-state index contributed by atoms with van der Waals surface area (Å²) in [6.07, 6.45) is 0.952. The first-order chi connectivity index (χ1) is 9.04. The van der Waals surface area contributed by atoms with E-state index in [-0.39, 0.29) is 11.1 Å². The summed E-state index contributed by atoms with van der Waals surface area (Å²) in [5.41, 5.74) is 3.28.